The first-order valence-corrected chi connectivity index (χ1v) is 7.67. The number of aliphatic hydroxyl groups is 1. The van der Waals surface area contributed by atoms with E-state index in [1.54, 1.807) is 0 Å². The van der Waals surface area contributed by atoms with E-state index in [1.165, 1.54) is 0 Å². The zero-order chi connectivity index (χ0) is 12.8. The lowest BCUT2D eigenvalue weighted by molar-refractivity contribution is 0.143. The van der Waals surface area contributed by atoms with Gasteiger partial charge in [0.2, 0.25) is 10.2 Å². The van der Waals surface area contributed by atoms with Gasteiger partial charge >= 0.3 is 0 Å². The van der Waals surface area contributed by atoms with Crippen LogP contribution in [0.1, 0.15) is 25.0 Å². The lowest BCUT2D eigenvalue weighted by Crippen LogP contribution is -2.48. The molecule has 0 unspecified atom stereocenters. The van der Waals surface area contributed by atoms with Crippen molar-refractivity contribution in [3.8, 4) is 0 Å². The van der Waals surface area contributed by atoms with Gasteiger partial charge in [-0.05, 0) is 42.0 Å². The van der Waals surface area contributed by atoms with Gasteiger partial charge in [-0.1, -0.05) is 0 Å². The molecule has 1 aliphatic carbocycles. The maximum atomic E-state index is 12.0. The van der Waals surface area contributed by atoms with Crippen LogP contribution in [0.2, 0.25) is 5.28 Å². The molecule has 3 rings (SSSR count). The Bertz CT molecular complexity index is 476. The van der Waals surface area contributed by atoms with E-state index in [4.69, 9.17) is 11.6 Å². The summed E-state index contributed by atoms with van der Waals surface area (Å²) in [4.78, 5) is 8.94. The maximum Gasteiger partial charge on any atom is 0.224 e. The van der Waals surface area contributed by atoms with Crippen molar-refractivity contribution in [2.45, 2.75) is 36.1 Å². The van der Waals surface area contributed by atoms with Crippen molar-refractivity contribution in [2.75, 3.05) is 17.7 Å². The van der Waals surface area contributed by atoms with E-state index < -0.39 is 11.2 Å². The number of halogens is 1. The summed E-state index contributed by atoms with van der Waals surface area (Å²) >= 11 is 4.83. The van der Waals surface area contributed by atoms with Crippen molar-refractivity contribution in [3.05, 3.63) is 11.0 Å². The molecule has 18 heavy (non-hydrogen) atoms. The molecule has 1 aromatic rings. The van der Waals surface area contributed by atoms with E-state index in [1.807, 2.05) is 0 Å². The van der Waals surface area contributed by atoms with Gasteiger partial charge in [-0.3, -0.25) is 0 Å². The Morgan fingerprint density at radius 3 is 2.83 bits per heavy atom. The Balaban J connectivity index is 1.96. The van der Waals surface area contributed by atoms with E-state index in [0.717, 1.165) is 25.0 Å². The molecule has 1 aliphatic heterocycles. The number of hydrogen-bond acceptors (Lipinski definition) is 5. The summed E-state index contributed by atoms with van der Waals surface area (Å²) < 4.78 is 12.0. The molecule has 0 spiro atoms. The summed E-state index contributed by atoms with van der Waals surface area (Å²) in [6.07, 6.45) is 3.54. The molecule has 0 amide bonds. The van der Waals surface area contributed by atoms with Gasteiger partial charge in [0.1, 0.15) is 11.4 Å². The van der Waals surface area contributed by atoms with Crippen LogP contribution in [0.3, 0.4) is 0 Å². The van der Waals surface area contributed by atoms with Crippen LogP contribution < -0.4 is 5.32 Å². The summed E-state index contributed by atoms with van der Waals surface area (Å²) in [5, 5.41) is 12.9. The van der Waals surface area contributed by atoms with Gasteiger partial charge in [-0.2, -0.15) is 4.98 Å². The van der Waals surface area contributed by atoms with Crippen LogP contribution in [0.15, 0.2) is 4.90 Å². The van der Waals surface area contributed by atoms with Gasteiger partial charge in [0.15, 0.2) is 5.82 Å². The quantitative estimate of drug-likeness (QED) is 0.643. The zero-order valence-corrected chi connectivity index (χ0v) is 11.4. The van der Waals surface area contributed by atoms with Crippen LogP contribution in [0.4, 0.5) is 5.82 Å². The molecule has 1 atom stereocenters. The SMILES string of the molecule is [O-][S@@+]1CCc2nc(Cl)nc(NC3(CO)CCC3)c21. The van der Waals surface area contributed by atoms with Crippen LogP contribution in [0.5, 0.6) is 0 Å². The van der Waals surface area contributed by atoms with Crippen LogP contribution in [-0.2, 0) is 17.6 Å². The van der Waals surface area contributed by atoms with Crippen molar-refractivity contribution < 1.29 is 9.66 Å². The van der Waals surface area contributed by atoms with Crippen molar-refractivity contribution >= 4 is 28.6 Å². The second-order valence-electron chi connectivity index (χ2n) is 4.83. The molecule has 0 radical (unpaired) electrons. The number of nitrogens with one attached hydrogen (secondary N) is 1. The summed E-state index contributed by atoms with van der Waals surface area (Å²) in [5.74, 6) is 1.11. The molecule has 1 fully saturated rings. The van der Waals surface area contributed by atoms with Gasteiger partial charge in [0, 0.05) is 6.42 Å². The highest BCUT2D eigenvalue weighted by atomic mass is 35.5. The van der Waals surface area contributed by atoms with E-state index in [-0.39, 0.29) is 17.4 Å². The first kappa shape index (κ1) is 12.5. The highest BCUT2D eigenvalue weighted by Crippen LogP contribution is 2.38. The highest BCUT2D eigenvalue weighted by Gasteiger charge is 2.40. The minimum absolute atomic E-state index is 0.0516. The number of fused-ring (bicyclic) bond motifs is 1. The number of aryl methyl sites for hydroxylation is 1. The van der Waals surface area contributed by atoms with Gasteiger partial charge in [-0.25, -0.2) is 4.98 Å². The second kappa shape index (κ2) is 4.52. The first-order valence-electron chi connectivity index (χ1n) is 5.97. The summed E-state index contributed by atoms with van der Waals surface area (Å²) in [6, 6.07) is 0. The average molecular weight is 288 g/mol. The minimum Gasteiger partial charge on any atom is -0.611 e. The molecule has 7 heteroatoms. The van der Waals surface area contributed by atoms with E-state index in [0.29, 0.717) is 22.9 Å². The van der Waals surface area contributed by atoms with Crippen molar-refractivity contribution in [2.24, 2.45) is 0 Å². The molecule has 5 nitrogen and oxygen atoms in total. The Kier molecular flexibility index (Phi) is 3.13. The monoisotopic (exact) mass is 287 g/mol. The van der Waals surface area contributed by atoms with Crippen LogP contribution in [0, 0.1) is 0 Å². The fourth-order valence-corrected chi connectivity index (χ4v) is 3.92. The Morgan fingerprint density at radius 1 is 1.44 bits per heavy atom. The molecule has 1 aromatic heterocycles. The summed E-state index contributed by atoms with van der Waals surface area (Å²) in [6.45, 7) is 0.0516. The lowest BCUT2D eigenvalue weighted by atomic mass is 9.77. The van der Waals surface area contributed by atoms with Gasteiger partial charge in [0.05, 0.1) is 12.1 Å². The van der Waals surface area contributed by atoms with Crippen molar-refractivity contribution in [1.82, 2.24) is 9.97 Å². The molecule has 98 valence electrons. The van der Waals surface area contributed by atoms with Crippen LogP contribution in [-0.4, -0.2) is 37.5 Å². The van der Waals surface area contributed by atoms with Gasteiger partial charge in [0.25, 0.3) is 0 Å². The third-order valence-corrected chi connectivity index (χ3v) is 5.29. The molecule has 0 bridgehead atoms. The number of aromatic nitrogens is 2. The third-order valence-electron chi connectivity index (χ3n) is 3.66. The molecule has 2 heterocycles. The molecular formula is C11H14ClN3O2S. The van der Waals surface area contributed by atoms with E-state index in [9.17, 15) is 9.66 Å². The first-order chi connectivity index (χ1) is 8.63. The smallest absolute Gasteiger partial charge is 0.224 e. The summed E-state index contributed by atoms with van der Waals surface area (Å²) in [5.41, 5.74) is 0.446. The maximum absolute atomic E-state index is 12.0. The number of anilines is 1. The van der Waals surface area contributed by atoms with Gasteiger partial charge < -0.3 is 15.0 Å². The second-order valence-corrected chi connectivity index (χ2v) is 6.68. The number of nitrogens with zero attached hydrogens (tertiary/aromatic N) is 2. The number of rotatable bonds is 3. The van der Waals surface area contributed by atoms with Crippen molar-refractivity contribution in [1.29, 1.82) is 0 Å². The zero-order valence-electron chi connectivity index (χ0n) is 9.78. The number of hydrogen-bond donors (Lipinski definition) is 2. The number of aliphatic hydroxyl groups excluding tert-OH is 1. The van der Waals surface area contributed by atoms with E-state index >= 15 is 0 Å². The van der Waals surface area contributed by atoms with Crippen molar-refractivity contribution in [3.63, 3.8) is 0 Å². The summed E-state index contributed by atoms with van der Waals surface area (Å²) in [7, 11) is 0. The Labute approximate surface area is 113 Å². The normalized spacial score (nSPS) is 24.5. The topological polar surface area (TPSA) is 81.1 Å². The fraction of sp³-hybridized carbons (Fsp3) is 0.636. The molecule has 0 saturated heterocycles. The molecule has 1 saturated carbocycles. The third kappa shape index (κ3) is 1.97. The lowest BCUT2D eigenvalue weighted by Gasteiger charge is -2.41. The standard InChI is InChI=1S/C11H14ClN3O2S/c12-10-13-7-2-5-18(17)8(7)9(14-10)15-11(6-16)3-1-4-11/h16H,1-6H2,(H,13,14,15)/t18-/m0/s1. The average Bonchev–Trinajstić information content (AvgIpc) is 2.65. The van der Waals surface area contributed by atoms with Crippen LogP contribution in [0.25, 0.3) is 0 Å². The van der Waals surface area contributed by atoms with Crippen LogP contribution >= 0.6 is 11.6 Å². The predicted octanol–water partition coefficient (Wildman–Crippen LogP) is 1.12. The molecule has 2 aliphatic rings. The minimum atomic E-state index is -1.06. The fourth-order valence-electron chi connectivity index (χ4n) is 2.43. The molecule has 2 N–H and O–H groups in total. The highest BCUT2D eigenvalue weighted by molar-refractivity contribution is 7.91. The largest absolute Gasteiger partial charge is 0.611 e. The molecular weight excluding hydrogens is 274 g/mol. The predicted molar refractivity (Wildman–Crippen MR) is 69.3 cm³/mol. The van der Waals surface area contributed by atoms with Gasteiger partial charge in [-0.15, -0.1) is 0 Å². The Morgan fingerprint density at radius 2 is 2.22 bits per heavy atom. The molecule has 0 aromatic carbocycles. The van der Waals surface area contributed by atoms with E-state index in [2.05, 4.69) is 15.3 Å². The Hall–Kier alpha value is -0.560.